The fourth-order valence-corrected chi connectivity index (χ4v) is 2.71. The maximum Gasteiger partial charge on any atom is 0.309 e. The first-order valence-electron chi connectivity index (χ1n) is 5.71. The molecule has 0 unspecified atom stereocenters. The van der Waals surface area contributed by atoms with E-state index in [0.29, 0.717) is 5.88 Å². The Bertz CT molecular complexity index is 602. The standard InChI is InChI=1S/C14H15NO2S/c1-8-6-5-7-12(9(8)2)13-14(17-11(4)16)15-10(3)18-13/h5-7H,1-4H3. The number of aryl methyl sites for hydroxylation is 2. The number of nitrogens with zero attached hydrogens (tertiary/aromatic N) is 1. The highest BCUT2D eigenvalue weighted by atomic mass is 32.1. The SMILES string of the molecule is CC(=O)Oc1nc(C)sc1-c1cccc(C)c1C. The Balaban J connectivity index is 2.56. The minimum atomic E-state index is -0.341. The topological polar surface area (TPSA) is 39.2 Å². The van der Waals surface area contributed by atoms with Crippen LogP contribution in [0.5, 0.6) is 5.88 Å². The molecule has 1 aromatic carbocycles. The molecule has 2 rings (SSSR count). The summed E-state index contributed by atoms with van der Waals surface area (Å²) < 4.78 is 5.18. The van der Waals surface area contributed by atoms with Crippen molar-refractivity contribution in [2.45, 2.75) is 27.7 Å². The van der Waals surface area contributed by atoms with Gasteiger partial charge < -0.3 is 4.74 Å². The number of carbonyl (C=O) groups is 1. The van der Waals surface area contributed by atoms with Crippen molar-refractivity contribution in [2.24, 2.45) is 0 Å². The van der Waals surface area contributed by atoms with Gasteiger partial charge in [-0.25, -0.2) is 4.98 Å². The van der Waals surface area contributed by atoms with Crippen molar-refractivity contribution in [3.05, 3.63) is 34.3 Å². The lowest BCUT2D eigenvalue weighted by Gasteiger charge is -2.07. The maximum atomic E-state index is 11.1. The van der Waals surface area contributed by atoms with Gasteiger partial charge >= 0.3 is 5.97 Å². The van der Waals surface area contributed by atoms with Crippen molar-refractivity contribution in [1.29, 1.82) is 0 Å². The fraction of sp³-hybridized carbons (Fsp3) is 0.286. The number of hydrogen-bond donors (Lipinski definition) is 0. The minimum absolute atomic E-state index is 0.341. The summed E-state index contributed by atoms with van der Waals surface area (Å²) in [4.78, 5) is 16.3. The molecule has 0 bridgehead atoms. The second kappa shape index (κ2) is 4.90. The monoisotopic (exact) mass is 261 g/mol. The zero-order chi connectivity index (χ0) is 13.3. The molecule has 18 heavy (non-hydrogen) atoms. The van der Waals surface area contributed by atoms with Crippen LogP contribution in [-0.2, 0) is 4.79 Å². The van der Waals surface area contributed by atoms with Gasteiger partial charge in [0.2, 0.25) is 5.88 Å². The normalized spacial score (nSPS) is 10.4. The molecule has 0 aliphatic carbocycles. The Morgan fingerprint density at radius 1 is 1.28 bits per heavy atom. The molecule has 2 aromatic rings. The number of ether oxygens (including phenoxy) is 1. The van der Waals surface area contributed by atoms with Gasteiger partial charge in [0.05, 0.1) is 9.88 Å². The van der Waals surface area contributed by atoms with Gasteiger partial charge in [0.1, 0.15) is 0 Å². The van der Waals surface area contributed by atoms with E-state index in [1.807, 2.05) is 19.1 Å². The molecular weight excluding hydrogens is 246 g/mol. The van der Waals surface area contributed by atoms with Gasteiger partial charge in [-0.15, -0.1) is 11.3 Å². The molecular formula is C14H15NO2S. The molecule has 0 saturated carbocycles. The molecule has 0 aliphatic heterocycles. The summed E-state index contributed by atoms with van der Waals surface area (Å²) in [6.45, 7) is 7.43. The van der Waals surface area contributed by atoms with E-state index in [9.17, 15) is 4.79 Å². The summed E-state index contributed by atoms with van der Waals surface area (Å²) in [6, 6.07) is 6.10. The molecule has 0 fully saturated rings. The van der Waals surface area contributed by atoms with Crippen LogP contribution in [-0.4, -0.2) is 11.0 Å². The van der Waals surface area contributed by atoms with Gasteiger partial charge in [0.25, 0.3) is 0 Å². The number of esters is 1. The van der Waals surface area contributed by atoms with E-state index in [1.165, 1.54) is 18.1 Å². The van der Waals surface area contributed by atoms with E-state index in [4.69, 9.17) is 4.74 Å². The maximum absolute atomic E-state index is 11.1. The zero-order valence-electron chi connectivity index (χ0n) is 10.9. The third-order valence-electron chi connectivity index (χ3n) is 2.79. The molecule has 0 spiro atoms. The molecule has 0 amide bonds. The largest absolute Gasteiger partial charge is 0.406 e. The number of benzene rings is 1. The van der Waals surface area contributed by atoms with Crippen LogP contribution >= 0.6 is 11.3 Å². The highest BCUT2D eigenvalue weighted by molar-refractivity contribution is 7.15. The Kier molecular flexibility index (Phi) is 3.48. The predicted octanol–water partition coefficient (Wildman–Crippen LogP) is 3.66. The molecule has 94 valence electrons. The average Bonchev–Trinajstić information content (AvgIpc) is 2.62. The molecule has 4 heteroatoms. The van der Waals surface area contributed by atoms with Gasteiger partial charge in [0.15, 0.2) is 0 Å². The van der Waals surface area contributed by atoms with E-state index in [1.54, 1.807) is 11.3 Å². The number of thiazole rings is 1. The van der Waals surface area contributed by atoms with Crippen LogP contribution in [0.3, 0.4) is 0 Å². The second-order valence-corrected chi connectivity index (χ2v) is 5.41. The zero-order valence-corrected chi connectivity index (χ0v) is 11.7. The molecule has 0 radical (unpaired) electrons. The summed E-state index contributed by atoms with van der Waals surface area (Å²) in [5.41, 5.74) is 3.48. The molecule has 1 aromatic heterocycles. The number of rotatable bonds is 2. The van der Waals surface area contributed by atoms with Gasteiger partial charge in [-0.1, -0.05) is 18.2 Å². The van der Waals surface area contributed by atoms with Crippen molar-refractivity contribution in [3.8, 4) is 16.3 Å². The number of aromatic nitrogens is 1. The highest BCUT2D eigenvalue weighted by Gasteiger charge is 2.16. The predicted molar refractivity (Wildman–Crippen MR) is 73.1 cm³/mol. The van der Waals surface area contributed by atoms with Gasteiger partial charge in [-0.3, -0.25) is 4.79 Å². The van der Waals surface area contributed by atoms with Gasteiger partial charge in [-0.05, 0) is 31.9 Å². The Morgan fingerprint density at radius 2 is 2.00 bits per heavy atom. The number of hydrogen-bond acceptors (Lipinski definition) is 4. The van der Waals surface area contributed by atoms with Crippen molar-refractivity contribution in [2.75, 3.05) is 0 Å². The van der Waals surface area contributed by atoms with Crippen LogP contribution in [0.2, 0.25) is 0 Å². The van der Waals surface area contributed by atoms with Crippen molar-refractivity contribution in [1.82, 2.24) is 4.98 Å². The fourth-order valence-electron chi connectivity index (χ4n) is 1.78. The second-order valence-electron chi connectivity index (χ2n) is 4.21. The first kappa shape index (κ1) is 12.8. The lowest BCUT2D eigenvalue weighted by atomic mass is 10.0. The van der Waals surface area contributed by atoms with E-state index in [-0.39, 0.29) is 5.97 Å². The average molecular weight is 261 g/mol. The third-order valence-corrected chi connectivity index (χ3v) is 3.78. The Morgan fingerprint density at radius 3 is 2.67 bits per heavy atom. The van der Waals surface area contributed by atoms with Crippen LogP contribution < -0.4 is 4.74 Å². The third kappa shape index (κ3) is 2.43. The number of carbonyl (C=O) groups excluding carboxylic acids is 1. The Hall–Kier alpha value is -1.68. The van der Waals surface area contributed by atoms with Gasteiger partial charge in [-0.2, -0.15) is 0 Å². The first-order chi connectivity index (χ1) is 8.49. The summed E-state index contributed by atoms with van der Waals surface area (Å²) in [5, 5.41) is 0.891. The lowest BCUT2D eigenvalue weighted by molar-refractivity contribution is -0.132. The first-order valence-corrected chi connectivity index (χ1v) is 6.53. The lowest BCUT2D eigenvalue weighted by Crippen LogP contribution is -2.02. The van der Waals surface area contributed by atoms with Crippen molar-refractivity contribution < 1.29 is 9.53 Å². The van der Waals surface area contributed by atoms with Crippen molar-refractivity contribution in [3.63, 3.8) is 0 Å². The Labute approximate surface area is 110 Å². The molecule has 0 atom stereocenters. The molecule has 0 aliphatic rings. The smallest absolute Gasteiger partial charge is 0.309 e. The summed E-state index contributed by atoms with van der Waals surface area (Å²) >= 11 is 1.54. The van der Waals surface area contributed by atoms with E-state index in [0.717, 1.165) is 15.4 Å². The molecule has 3 nitrogen and oxygen atoms in total. The van der Waals surface area contributed by atoms with E-state index in [2.05, 4.69) is 24.9 Å². The van der Waals surface area contributed by atoms with Crippen LogP contribution in [0.25, 0.3) is 10.4 Å². The quantitative estimate of drug-likeness (QED) is 0.774. The van der Waals surface area contributed by atoms with Crippen LogP contribution in [0.15, 0.2) is 18.2 Å². The van der Waals surface area contributed by atoms with E-state index >= 15 is 0 Å². The molecule has 0 saturated heterocycles. The summed E-state index contributed by atoms with van der Waals surface area (Å²) in [6.07, 6.45) is 0. The minimum Gasteiger partial charge on any atom is -0.406 e. The van der Waals surface area contributed by atoms with Gasteiger partial charge in [0, 0.05) is 12.5 Å². The van der Waals surface area contributed by atoms with E-state index < -0.39 is 0 Å². The molecule has 1 heterocycles. The molecule has 0 N–H and O–H groups in total. The van der Waals surface area contributed by atoms with Crippen LogP contribution in [0.4, 0.5) is 0 Å². The summed E-state index contributed by atoms with van der Waals surface area (Å²) in [5.74, 6) is 0.0746. The van der Waals surface area contributed by atoms with Crippen molar-refractivity contribution >= 4 is 17.3 Å². The highest BCUT2D eigenvalue weighted by Crippen LogP contribution is 2.37. The van der Waals surface area contributed by atoms with Crippen LogP contribution in [0, 0.1) is 20.8 Å². The van der Waals surface area contributed by atoms with Crippen LogP contribution in [0.1, 0.15) is 23.1 Å². The summed E-state index contributed by atoms with van der Waals surface area (Å²) in [7, 11) is 0.